The van der Waals surface area contributed by atoms with Gasteiger partial charge in [0, 0.05) is 13.1 Å². The van der Waals surface area contributed by atoms with Gasteiger partial charge in [0.15, 0.2) is 0 Å². The molecule has 2 atom stereocenters. The molecule has 1 fully saturated rings. The van der Waals surface area contributed by atoms with E-state index in [-0.39, 0.29) is 30.5 Å². The summed E-state index contributed by atoms with van der Waals surface area (Å²) in [7, 11) is 0. The molecule has 0 saturated carbocycles. The number of carbonyl (C=O) groups excluding carboxylic acids is 1. The van der Waals surface area contributed by atoms with Crippen LogP contribution in [0.3, 0.4) is 0 Å². The number of halogens is 1. The molecule has 1 heterocycles. The van der Waals surface area contributed by atoms with E-state index in [4.69, 9.17) is 4.74 Å². The number of carbonyl (C=O) groups is 1. The average molecular weight is 299 g/mol. The molecule has 1 aromatic carbocycles. The van der Waals surface area contributed by atoms with Crippen LogP contribution in [0.1, 0.15) is 18.1 Å². The number of amides is 1. The predicted molar refractivity (Wildman–Crippen MR) is 82.3 cm³/mol. The van der Waals surface area contributed by atoms with E-state index in [2.05, 4.69) is 35.8 Å². The Hall–Kier alpha value is -1.10. The van der Waals surface area contributed by atoms with Gasteiger partial charge in [-0.25, -0.2) is 0 Å². The van der Waals surface area contributed by atoms with Gasteiger partial charge in [-0.3, -0.25) is 4.79 Å². The highest BCUT2D eigenvalue weighted by molar-refractivity contribution is 5.85. The molecule has 1 aliphatic rings. The van der Waals surface area contributed by atoms with E-state index in [1.54, 1.807) is 0 Å². The van der Waals surface area contributed by atoms with Crippen LogP contribution in [0.15, 0.2) is 24.3 Å². The van der Waals surface area contributed by atoms with E-state index in [0.717, 1.165) is 13.0 Å². The van der Waals surface area contributed by atoms with Gasteiger partial charge in [-0.2, -0.15) is 0 Å². The molecule has 1 aromatic rings. The Morgan fingerprint density at radius 2 is 2.30 bits per heavy atom. The van der Waals surface area contributed by atoms with Crippen LogP contribution in [0, 0.1) is 6.92 Å². The van der Waals surface area contributed by atoms with Crippen LogP contribution in [-0.4, -0.2) is 37.7 Å². The molecule has 4 nitrogen and oxygen atoms in total. The van der Waals surface area contributed by atoms with E-state index in [9.17, 15) is 4.79 Å². The Kier molecular flexibility index (Phi) is 6.99. The zero-order chi connectivity index (χ0) is 13.7. The summed E-state index contributed by atoms with van der Waals surface area (Å²) in [5.74, 6) is 0.0276. The number of rotatable bonds is 4. The van der Waals surface area contributed by atoms with Crippen LogP contribution in [0.2, 0.25) is 0 Å². The van der Waals surface area contributed by atoms with Crippen molar-refractivity contribution in [3.8, 4) is 0 Å². The maximum absolute atomic E-state index is 12.0. The lowest BCUT2D eigenvalue weighted by Gasteiger charge is -2.29. The van der Waals surface area contributed by atoms with Crippen molar-refractivity contribution < 1.29 is 9.53 Å². The fourth-order valence-electron chi connectivity index (χ4n) is 2.33. The van der Waals surface area contributed by atoms with Gasteiger partial charge in [0.25, 0.3) is 0 Å². The number of nitrogens with one attached hydrogen (secondary N) is 2. The van der Waals surface area contributed by atoms with Crippen molar-refractivity contribution in [2.75, 3.05) is 19.7 Å². The zero-order valence-electron chi connectivity index (χ0n) is 12.0. The van der Waals surface area contributed by atoms with E-state index in [1.807, 2.05) is 13.0 Å². The number of hydrogen-bond acceptors (Lipinski definition) is 3. The molecule has 2 rings (SSSR count). The topological polar surface area (TPSA) is 50.4 Å². The molecule has 112 valence electrons. The minimum atomic E-state index is -0.230. The third kappa shape index (κ3) is 4.78. The molecule has 0 bridgehead atoms. The van der Waals surface area contributed by atoms with Crippen LogP contribution in [0.5, 0.6) is 0 Å². The van der Waals surface area contributed by atoms with Crippen molar-refractivity contribution in [2.45, 2.75) is 32.4 Å². The monoisotopic (exact) mass is 298 g/mol. The third-order valence-corrected chi connectivity index (χ3v) is 3.39. The fraction of sp³-hybridized carbons (Fsp3) is 0.533. The Bertz CT molecular complexity index is 440. The first-order valence-corrected chi connectivity index (χ1v) is 6.85. The van der Waals surface area contributed by atoms with Crippen molar-refractivity contribution in [2.24, 2.45) is 0 Å². The summed E-state index contributed by atoms with van der Waals surface area (Å²) in [6, 6.07) is 8.13. The highest BCUT2D eigenvalue weighted by atomic mass is 35.5. The van der Waals surface area contributed by atoms with Crippen LogP contribution in [-0.2, 0) is 16.0 Å². The second kappa shape index (κ2) is 8.25. The summed E-state index contributed by atoms with van der Waals surface area (Å²) >= 11 is 0. The van der Waals surface area contributed by atoms with Gasteiger partial charge >= 0.3 is 0 Å². The summed E-state index contributed by atoms with van der Waals surface area (Å²) in [6.07, 6.45) is 0.794. The van der Waals surface area contributed by atoms with Crippen molar-refractivity contribution in [1.82, 2.24) is 10.6 Å². The van der Waals surface area contributed by atoms with Crippen LogP contribution >= 0.6 is 12.4 Å². The lowest BCUT2D eigenvalue weighted by Crippen LogP contribution is -2.55. The van der Waals surface area contributed by atoms with E-state index in [0.29, 0.717) is 13.2 Å². The van der Waals surface area contributed by atoms with Crippen LogP contribution < -0.4 is 10.6 Å². The molecule has 1 amide bonds. The van der Waals surface area contributed by atoms with Gasteiger partial charge in [0.05, 0.1) is 12.7 Å². The molecule has 0 aromatic heterocycles. The first-order chi connectivity index (χ1) is 9.16. The second-order valence-electron chi connectivity index (χ2n) is 5.04. The lowest BCUT2D eigenvalue weighted by molar-refractivity contribution is -0.128. The highest BCUT2D eigenvalue weighted by Crippen LogP contribution is 2.05. The summed E-state index contributed by atoms with van der Waals surface area (Å²) in [5, 5.41) is 6.16. The molecule has 5 heteroatoms. The molecule has 0 radical (unpaired) electrons. The quantitative estimate of drug-likeness (QED) is 0.885. The molecule has 0 aliphatic carbocycles. The van der Waals surface area contributed by atoms with Crippen molar-refractivity contribution in [3.05, 3.63) is 35.4 Å². The number of benzene rings is 1. The zero-order valence-corrected chi connectivity index (χ0v) is 12.8. The highest BCUT2D eigenvalue weighted by Gasteiger charge is 2.27. The third-order valence-electron chi connectivity index (χ3n) is 3.39. The molecule has 1 saturated heterocycles. The van der Waals surface area contributed by atoms with Crippen LogP contribution in [0.25, 0.3) is 0 Å². The minimum Gasteiger partial charge on any atom is -0.375 e. The lowest BCUT2D eigenvalue weighted by atomic mass is 10.1. The molecule has 0 spiro atoms. The molecule has 20 heavy (non-hydrogen) atoms. The maximum Gasteiger partial charge on any atom is 0.239 e. The Morgan fingerprint density at radius 3 is 3.00 bits per heavy atom. The molecule has 0 unspecified atom stereocenters. The van der Waals surface area contributed by atoms with Crippen molar-refractivity contribution >= 4 is 18.3 Å². The van der Waals surface area contributed by atoms with Crippen molar-refractivity contribution in [3.63, 3.8) is 0 Å². The summed E-state index contributed by atoms with van der Waals surface area (Å²) in [6.45, 7) is 6.08. The first kappa shape index (κ1) is 17.0. The number of aryl methyl sites for hydroxylation is 1. The fourth-order valence-corrected chi connectivity index (χ4v) is 2.33. The maximum atomic E-state index is 12.0. The molecular weight excluding hydrogens is 276 g/mol. The van der Waals surface area contributed by atoms with Gasteiger partial charge in [-0.1, -0.05) is 29.8 Å². The minimum absolute atomic E-state index is 0. The van der Waals surface area contributed by atoms with Gasteiger partial charge in [-0.05, 0) is 25.8 Å². The van der Waals surface area contributed by atoms with Crippen LogP contribution in [0.4, 0.5) is 0 Å². The normalized spacial score (nSPS) is 21.9. The molecule has 2 N–H and O–H groups in total. The van der Waals surface area contributed by atoms with E-state index >= 15 is 0 Å². The van der Waals surface area contributed by atoms with E-state index in [1.165, 1.54) is 11.1 Å². The van der Waals surface area contributed by atoms with Gasteiger partial charge in [0.2, 0.25) is 5.91 Å². The number of hydrogen-bond donors (Lipinski definition) is 2. The van der Waals surface area contributed by atoms with E-state index < -0.39 is 0 Å². The van der Waals surface area contributed by atoms with Gasteiger partial charge in [0.1, 0.15) is 6.04 Å². The SMILES string of the molecule is Cc1cccc(CCNC(=O)[C@H]2NCCO[C@@H]2C)c1.Cl. The second-order valence-corrected chi connectivity index (χ2v) is 5.04. The van der Waals surface area contributed by atoms with Crippen molar-refractivity contribution in [1.29, 1.82) is 0 Å². The Balaban J connectivity index is 0.00000200. The van der Waals surface area contributed by atoms with Gasteiger partial charge < -0.3 is 15.4 Å². The largest absolute Gasteiger partial charge is 0.375 e. The molecular formula is C15H23ClN2O2. The average Bonchev–Trinajstić information content (AvgIpc) is 2.39. The standard InChI is InChI=1S/C15H22N2O2.ClH/c1-11-4-3-5-13(10-11)6-7-17-15(18)14-12(2)19-9-8-16-14;/h3-5,10,12,14,16H,6-9H2,1-2H3,(H,17,18);1H/t12-,14+;/m1./s1. The summed E-state index contributed by atoms with van der Waals surface area (Å²) in [5.41, 5.74) is 2.50. The molecule has 1 aliphatic heterocycles. The smallest absolute Gasteiger partial charge is 0.239 e. The first-order valence-electron chi connectivity index (χ1n) is 6.85. The number of morpholine rings is 1. The van der Waals surface area contributed by atoms with Gasteiger partial charge in [-0.15, -0.1) is 12.4 Å². The Labute approximate surface area is 126 Å². The summed E-state index contributed by atoms with van der Waals surface area (Å²) < 4.78 is 5.47. The Morgan fingerprint density at radius 1 is 1.50 bits per heavy atom. The predicted octanol–water partition coefficient (Wildman–Crippen LogP) is 1.45. The summed E-state index contributed by atoms with van der Waals surface area (Å²) in [4.78, 5) is 12.0. The number of ether oxygens (including phenoxy) is 1.